The molecule has 92 valence electrons. The predicted octanol–water partition coefficient (Wildman–Crippen LogP) is 0.137. The average Bonchev–Trinajstić information content (AvgIpc) is 2.66. The summed E-state index contributed by atoms with van der Waals surface area (Å²) in [6, 6.07) is -0.673. The average molecular weight is 230 g/mol. The minimum absolute atomic E-state index is 0.164. The number of nitrogens with zero attached hydrogens (tertiary/aromatic N) is 1. The van der Waals surface area contributed by atoms with Gasteiger partial charge in [0.2, 0.25) is 0 Å². The van der Waals surface area contributed by atoms with Crippen molar-refractivity contribution >= 4 is 12.0 Å². The van der Waals surface area contributed by atoms with Gasteiger partial charge < -0.3 is 20.1 Å². The lowest BCUT2D eigenvalue weighted by atomic mass is 10.0. The smallest absolute Gasteiger partial charge is 0.317 e. The monoisotopic (exact) mass is 230 g/mol. The first kappa shape index (κ1) is 12.8. The normalized spacial score (nSPS) is 24.1. The van der Waals surface area contributed by atoms with Crippen LogP contribution in [-0.2, 0) is 9.53 Å². The highest BCUT2D eigenvalue weighted by molar-refractivity contribution is 5.77. The molecule has 6 nitrogen and oxygen atoms in total. The van der Waals surface area contributed by atoms with Crippen molar-refractivity contribution in [2.45, 2.75) is 19.4 Å². The molecule has 0 aliphatic carbocycles. The summed E-state index contributed by atoms with van der Waals surface area (Å²) in [6.07, 6.45) is 0.868. The van der Waals surface area contributed by atoms with Crippen LogP contribution < -0.4 is 5.32 Å². The zero-order valence-corrected chi connectivity index (χ0v) is 9.60. The van der Waals surface area contributed by atoms with E-state index in [9.17, 15) is 9.59 Å². The Bertz CT molecular complexity index is 270. The minimum Gasteiger partial charge on any atom is -0.481 e. The molecule has 0 unspecified atom stereocenters. The van der Waals surface area contributed by atoms with E-state index < -0.39 is 17.9 Å². The zero-order valence-electron chi connectivity index (χ0n) is 9.60. The van der Waals surface area contributed by atoms with Crippen molar-refractivity contribution in [3.8, 4) is 0 Å². The minimum atomic E-state index is -0.930. The van der Waals surface area contributed by atoms with Crippen LogP contribution in [0.5, 0.6) is 0 Å². The van der Waals surface area contributed by atoms with Crippen molar-refractivity contribution in [1.82, 2.24) is 10.2 Å². The quantitative estimate of drug-likeness (QED) is 0.720. The van der Waals surface area contributed by atoms with Crippen molar-refractivity contribution in [2.24, 2.45) is 5.92 Å². The number of ether oxygens (including phenoxy) is 1. The molecule has 0 aromatic rings. The highest BCUT2D eigenvalue weighted by Gasteiger charge is 2.35. The van der Waals surface area contributed by atoms with Gasteiger partial charge in [-0.05, 0) is 6.42 Å². The van der Waals surface area contributed by atoms with Crippen LogP contribution in [0.1, 0.15) is 13.3 Å². The van der Waals surface area contributed by atoms with Gasteiger partial charge in [0.25, 0.3) is 0 Å². The van der Waals surface area contributed by atoms with E-state index in [1.165, 1.54) is 4.90 Å². The maximum absolute atomic E-state index is 11.6. The number of aliphatic carboxylic acids is 1. The maximum Gasteiger partial charge on any atom is 0.317 e. The molecule has 1 aliphatic heterocycles. The fourth-order valence-corrected chi connectivity index (χ4v) is 1.65. The van der Waals surface area contributed by atoms with Crippen molar-refractivity contribution in [3.63, 3.8) is 0 Å². The summed E-state index contributed by atoms with van der Waals surface area (Å²) in [5.74, 6) is -1.57. The van der Waals surface area contributed by atoms with E-state index in [0.717, 1.165) is 6.42 Å². The van der Waals surface area contributed by atoms with E-state index in [0.29, 0.717) is 6.54 Å². The number of nitrogens with one attached hydrogen (secondary N) is 1. The van der Waals surface area contributed by atoms with Crippen molar-refractivity contribution < 1.29 is 19.4 Å². The van der Waals surface area contributed by atoms with Gasteiger partial charge in [-0.3, -0.25) is 4.79 Å². The molecule has 0 aromatic heterocycles. The van der Waals surface area contributed by atoms with E-state index in [-0.39, 0.29) is 19.2 Å². The Hall–Kier alpha value is -1.30. The van der Waals surface area contributed by atoms with Crippen molar-refractivity contribution in [1.29, 1.82) is 0 Å². The molecule has 2 N–H and O–H groups in total. The fourth-order valence-electron chi connectivity index (χ4n) is 1.65. The Morgan fingerprint density at radius 2 is 2.19 bits per heavy atom. The Morgan fingerprint density at radius 3 is 2.75 bits per heavy atom. The lowest BCUT2D eigenvalue weighted by molar-refractivity contribution is -0.142. The Morgan fingerprint density at radius 1 is 1.50 bits per heavy atom. The summed E-state index contributed by atoms with van der Waals surface area (Å²) >= 11 is 0. The Labute approximate surface area is 94.6 Å². The van der Waals surface area contributed by atoms with Crippen LogP contribution in [-0.4, -0.2) is 54.9 Å². The largest absolute Gasteiger partial charge is 0.481 e. The second-order valence-corrected chi connectivity index (χ2v) is 3.96. The summed E-state index contributed by atoms with van der Waals surface area (Å²) in [5.41, 5.74) is 0. The molecule has 1 aliphatic rings. The van der Waals surface area contributed by atoms with E-state index in [1.54, 1.807) is 7.05 Å². The van der Waals surface area contributed by atoms with Gasteiger partial charge in [0.1, 0.15) is 5.92 Å². The van der Waals surface area contributed by atoms with Crippen LogP contribution in [0.25, 0.3) is 0 Å². The summed E-state index contributed by atoms with van der Waals surface area (Å²) in [5, 5.41) is 11.6. The molecule has 2 atom stereocenters. The summed E-state index contributed by atoms with van der Waals surface area (Å²) in [7, 11) is 1.68. The number of carbonyl (C=O) groups excluding carboxylic acids is 1. The first-order chi connectivity index (χ1) is 7.56. The highest BCUT2D eigenvalue weighted by Crippen LogP contribution is 2.14. The number of amides is 2. The van der Waals surface area contributed by atoms with Crippen molar-refractivity contribution in [3.05, 3.63) is 0 Å². The number of carboxylic acids is 1. The molecule has 0 aromatic carbocycles. The first-order valence-electron chi connectivity index (χ1n) is 5.38. The van der Waals surface area contributed by atoms with Gasteiger partial charge in [0.15, 0.2) is 0 Å². The molecular formula is C10H18N2O4. The van der Waals surface area contributed by atoms with E-state index in [1.807, 2.05) is 6.92 Å². The van der Waals surface area contributed by atoms with Crippen LogP contribution in [0.4, 0.5) is 4.79 Å². The second kappa shape index (κ2) is 5.69. The highest BCUT2D eigenvalue weighted by atomic mass is 16.5. The molecule has 16 heavy (non-hydrogen) atoms. The third kappa shape index (κ3) is 3.10. The molecule has 1 fully saturated rings. The van der Waals surface area contributed by atoms with Crippen LogP contribution >= 0.6 is 0 Å². The number of carboxylic acid groups (broad SMARTS) is 1. The number of hydrogen-bond acceptors (Lipinski definition) is 3. The van der Waals surface area contributed by atoms with Crippen molar-refractivity contribution in [2.75, 3.05) is 26.8 Å². The van der Waals surface area contributed by atoms with Gasteiger partial charge in [-0.15, -0.1) is 0 Å². The molecule has 2 amide bonds. The molecule has 1 rings (SSSR count). The molecule has 6 heteroatoms. The molecule has 0 bridgehead atoms. The first-order valence-corrected chi connectivity index (χ1v) is 5.38. The Kier molecular flexibility index (Phi) is 4.54. The topological polar surface area (TPSA) is 78.9 Å². The number of rotatable bonds is 4. The number of urea groups is 1. The lowest BCUT2D eigenvalue weighted by Crippen LogP contribution is -2.47. The van der Waals surface area contributed by atoms with E-state index >= 15 is 0 Å². The molecule has 0 saturated carbocycles. The van der Waals surface area contributed by atoms with Crippen LogP contribution in [0, 0.1) is 5.92 Å². The van der Waals surface area contributed by atoms with Gasteiger partial charge in [-0.25, -0.2) is 4.79 Å². The molecule has 1 saturated heterocycles. The zero-order chi connectivity index (χ0) is 12.1. The molecular weight excluding hydrogens is 212 g/mol. The Balaban J connectivity index is 2.47. The lowest BCUT2D eigenvalue weighted by Gasteiger charge is -2.21. The van der Waals surface area contributed by atoms with E-state index in [2.05, 4.69) is 5.32 Å². The third-order valence-electron chi connectivity index (χ3n) is 2.61. The summed E-state index contributed by atoms with van der Waals surface area (Å²) in [4.78, 5) is 24.0. The fraction of sp³-hybridized carbons (Fsp3) is 0.800. The standard InChI is InChI=1S/C10H18N2O4/c1-3-4-12(2)10(15)11-8-6-16-5-7(8)9(13)14/h7-8H,3-6H2,1-2H3,(H,11,15)(H,13,14)/t7-,8+/m0/s1. The molecule has 1 heterocycles. The van der Waals surface area contributed by atoms with E-state index in [4.69, 9.17) is 9.84 Å². The second-order valence-electron chi connectivity index (χ2n) is 3.96. The SMILES string of the molecule is CCCN(C)C(=O)N[C@@H]1COC[C@@H]1C(=O)O. The van der Waals surface area contributed by atoms with Gasteiger partial charge >= 0.3 is 12.0 Å². The van der Waals surface area contributed by atoms with Crippen LogP contribution in [0.3, 0.4) is 0 Å². The molecule has 0 radical (unpaired) electrons. The number of hydrogen-bond donors (Lipinski definition) is 2. The van der Waals surface area contributed by atoms with Crippen LogP contribution in [0.2, 0.25) is 0 Å². The third-order valence-corrected chi connectivity index (χ3v) is 2.61. The summed E-state index contributed by atoms with van der Waals surface area (Å²) < 4.78 is 5.06. The summed E-state index contributed by atoms with van der Waals surface area (Å²) in [6.45, 7) is 3.06. The predicted molar refractivity (Wildman–Crippen MR) is 57.2 cm³/mol. The van der Waals surface area contributed by atoms with Gasteiger partial charge in [-0.1, -0.05) is 6.92 Å². The van der Waals surface area contributed by atoms with Gasteiger partial charge in [0.05, 0.1) is 19.3 Å². The molecule has 0 spiro atoms. The number of carbonyl (C=O) groups is 2. The van der Waals surface area contributed by atoms with Gasteiger partial charge in [0, 0.05) is 13.6 Å². The van der Waals surface area contributed by atoms with Crippen LogP contribution in [0.15, 0.2) is 0 Å². The van der Waals surface area contributed by atoms with Gasteiger partial charge in [-0.2, -0.15) is 0 Å². The maximum atomic E-state index is 11.6.